The van der Waals surface area contributed by atoms with Crippen LogP contribution in [0.2, 0.25) is 0 Å². The van der Waals surface area contributed by atoms with Crippen LogP contribution in [0.1, 0.15) is 47.9 Å². The number of pyridine rings is 1. The lowest BCUT2D eigenvalue weighted by Gasteiger charge is -2.17. The molecule has 2 aliphatic heterocycles. The monoisotopic (exact) mass is 648 g/mol. The molecule has 2 aliphatic rings. The minimum Gasteiger partial charge on any atom is -0.436 e. The Kier molecular flexibility index (Phi) is 8.14. The minimum absolute atomic E-state index is 0.133. The second-order valence-electron chi connectivity index (χ2n) is 13.0. The van der Waals surface area contributed by atoms with E-state index in [9.17, 15) is 8.78 Å². The molecule has 8 nitrogen and oxygen atoms in total. The molecule has 246 valence electrons. The van der Waals surface area contributed by atoms with Gasteiger partial charge in [-0.2, -0.15) is 8.78 Å². The summed E-state index contributed by atoms with van der Waals surface area (Å²) in [6.45, 7) is 6.88. The van der Waals surface area contributed by atoms with Crippen LogP contribution in [-0.4, -0.2) is 62.2 Å². The van der Waals surface area contributed by atoms with Crippen LogP contribution < -0.4 is 4.74 Å². The van der Waals surface area contributed by atoms with Gasteiger partial charge < -0.3 is 9.15 Å². The Morgan fingerprint density at radius 1 is 0.771 bits per heavy atom. The molecule has 2 fully saturated rings. The van der Waals surface area contributed by atoms with Gasteiger partial charge in [0.05, 0.1) is 0 Å². The number of rotatable bonds is 9. The minimum atomic E-state index is -2.92. The number of alkyl halides is 2. The standard InChI is InChI=1S/C38H38F2N6O2/c1-24-28(9-7-11-30(24)36-42-35-14-13-26(22-46(35)43-36)21-44-15-3-4-16-44)29-10-8-12-31(25(29)2)37-41-32-19-27(23-45-17-5-6-18-45)33(48-38(39)40)20-34(32)47-37/h7-14,19-20,22,38H,3-6,15-18,21,23H2,1-2H3. The molecule has 8 rings (SSSR count). The van der Waals surface area contributed by atoms with Gasteiger partial charge in [0.15, 0.2) is 17.1 Å². The second-order valence-corrected chi connectivity index (χ2v) is 13.0. The highest BCUT2D eigenvalue weighted by Gasteiger charge is 2.22. The van der Waals surface area contributed by atoms with Gasteiger partial charge in [-0.1, -0.05) is 36.4 Å². The zero-order chi connectivity index (χ0) is 32.8. The van der Waals surface area contributed by atoms with E-state index in [1.54, 1.807) is 6.07 Å². The molecule has 5 heterocycles. The van der Waals surface area contributed by atoms with Crippen molar-refractivity contribution in [1.82, 2.24) is 29.4 Å². The van der Waals surface area contributed by atoms with Crippen molar-refractivity contribution in [3.05, 3.63) is 89.1 Å². The lowest BCUT2D eigenvalue weighted by atomic mass is 9.91. The maximum Gasteiger partial charge on any atom is 0.387 e. The summed E-state index contributed by atoms with van der Waals surface area (Å²) in [4.78, 5) is 14.4. The maximum absolute atomic E-state index is 13.4. The third-order valence-electron chi connectivity index (χ3n) is 9.81. The molecule has 0 saturated carbocycles. The number of nitrogens with zero attached hydrogens (tertiary/aromatic N) is 6. The van der Waals surface area contributed by atoms with Crippen molar-refractivity contribution in [2.24, 2.45) is 0 Å². The summed E-state index contributed by atoms with van der Waals surface area (Å²) in [5.41, 5.74) is 9.76. The highest BCUT2D eigenvalue weighted by molar-refractivity contribution is 5.84. The zero-order valence-electron chi connectivity index (χ0n) is 27.3. The summed E-state index contributed by atoms with van der Waals surface area (Å²) in [7, 11) is 0. The summed E-state index contributed by atoms with van der Waals surface area (Å²) in [5, 5.41) is 4.89. The van der Waals surface area contributed by atoms with Gasteiger partial charge in [0.1, 0.15) is 11.3 Å². The Balaban J connectivity index is 1.12. The molecular formula is C38H38F2N6O2. The lowest BCUT2D eigenvalue weighted by Crippen LogP contribution is -2.19. The Hall–Kier alpha value is -4.67. The number of oxazole rings is 1. The average molecular weight is 649 g/mol. The number of aromatic nitrogens is 4. The van der Waals surface area contributed by atoms with Gasteiger partial charge in [-0.25, -0.2) is 14.5 Å². The fourth-order valence-corrected chi connectivity index (χ4v) is 7.29. The fourth-order valence-electron chi connectivity index (χ4n) is 7.29. The molecule has 3 aromatic heterocycles. The van der Waals surface area contributed by atoms with Gasteiger partial charge >= 0.3 is 6.61 Å². The van der Waals surface area contributed by atoms with Gasteiger partial charge in [0.25, 0.3) is 0 Å². The predicted octanol–water partition coefficient (Wildman–Crippen LogP) is 8.28. The van der Waals surface area contributed by atoms with E-state index in [0.29, 0.717) is 34.9 Å². The average Bonchev–Trinajstić information content (AvgIpc) is 3.89. The van der Waals surface area contributed by atoms with Gasteiger partial charge in [-0.05, 0) is 112 Å². The van der Waals surface area contributed by atoms with Crippen molar-refractivity contribution in [3.8, 4) is 39.7 Å². The summed E-state index contributed by atoms with van der Waals surface area (Å²) in [6.07, 6.45) is 6.84. The van der Waals surface area contributed by atoms with Crippen LogP contribution in [0.4, 0.5) is 8.78 Å². The lowest BCUT2D eigenvalue weighted by molar-refractivity contribution is -0.0506. The first-order valence-electron chi connectivity index (χ1n) is 16.8. The normalized spacial score (nSPS) is 15.9. The second kappa shape index (κ2) is 12.7. The molecule has 0 spiro atoms. The quantitative estimate of drug-likeness (QED) is 0.156. The van der Waals surface area contributed by atoms with Crippen molar-refractivity contribution < 1.29 is 17.9 Å². The van der Waals surface area contributed by atoms with Crippen molar-refractivity contribution in [3.63, 3.8) is 0 Å². The van der Waals surface area contributed by atoms with E-state index in [1.807, 2.05) is 34.8 Å². The van der Waals surface area contributed by atoms with Crippen LogP contribution in [0.5, 0.6) is 5.75 Å². The van der Waals surface area contributed by atoms with Gasteiger partial charge in [-0.15, -0.1) is 5.10 Å². The van der Waals surface area contributed by atoms with E-state index in [4.69, 9.17) is 24.2 Å². The number of likely N-dealkylation sites (tertiary alicyclic amines) is 2. The first-order chi connectivity index (χ1) is 23.4. The summed E-state index contributed by atoms with van der Waals surface area (Å²) < 4.78 is 39.7. The van der Waals surface area contributed by atoms with Gasteiger partial charge in [0.2, 0.25) is 5.89 Å². The van der Waals surface area contributed by atoms with Crippen LogP contribution in [-0.2, 0) is 13.1 Å². The SMILES string of the molecule is Cc1c(-c2nc3ccc(CN4CCCC4)cn3n2)cccc1-c1cccc(-c2nc3cc(CN4CCCC4)c(OC(F)F)cc3o2)c1C. The van der Waals surface area contributed by atoms with Crippen molar-refractivity contribution in [2.75, 3.05) is 26.2 Å². The molecule has 0 bridgehead atoms. The highest BCUT2D eigenvalue weighted by atomic mass is 19.3. The number of fused-ring (bicyclic) bond motifs is 2. The maximum atomic E-state index is 13.4. The van der Waals surface area contributed by atoms with E-state index >= 15 is 0 Å². The first-order valence-corrected chi connectivity index (χ1v) is 16.8. The van der Waals surface area contributed by atoms with Crippen LogP contribution in [0.3, 0.4) is 0 Å². The number of hydrogen-bond donors (Lipinski definition) is 0. The molecule has 0 amide bonds. The van der Waals surface area contributed by atoms with E-state index in [1.165, 1.54) is 18.4 Å². The largest absolute Gasteiger partial charge is 0.436 e. The van der Waals surface area contributed by atoms with Crippen LogP contribution in [0.25, 0.3) is 50.7 Å². The van der Waals surface area contributed by atoms with Crippen LogP contribution in [0, 0.1) is 13.8 Å². The Labute approximate surface area is 278 Å². The molecular weight excluding hydrogens is 610 g/mol. The molecule has 10 heteroatoms. The number of halogens is 2. The molecule has 0 atom stereocenters. The third-order valence-corrected chi connectivity index (χ3v) is 9.81. The van der Waals surface area contributed by atoms with Crippen LogP contribution >= 0.6 is 0 Å². The topological polar surface area (TPSA) is 71.9 Å². The summed E-state index contributed by atoms with van der Waals surface area (Å²) >= 11 is 0. The Morgan fingerprint density at radius 2 is 1.42 bits per heavy atom. The zero-order valence-corrected chi connectivity index (χ0v) is 27.3. The van der Waals surface area contributed by atoms with Gasteiger partial charge in [-0.3, -0.25) is 9.80 Å². The van der Waals surface area contributed by atoms with E-state index in [-0.39, 0.29) is 5.75 Å². The smallest absolute Gasteiger partial charge is 0.387 e. The van der Waals surface area contributed by atoms with Gasteiger partial charge in [0, 0.05) is 42.0 Å². The number of hydrogen-bond acceptors (Lipinski definition) is 7. The number of ether oxygens (including phenoxy) is 1. The summed E-state index contributed by atoms with van der Waals surface area (Å²) in [5.74, 6) is 1.26. The van der Waals surface area contributed by atoms with Crippen molar-refractivity contribution in [2.45, 2.75) is 59.2 Å². The highest BCUT2D eigenvalue weighted by Crippen LogP contribution is 2.38. The van der Waals surface area contributed by atoms with E-state index in [0.717, 1.165) is 84.6 Å². The van der Waals surface area contributed by atoms with Crippen LogP contribution in [0.15, 0.2) is 71.3 Å². The number of benzene rings is 3. The molecule has 6 aromatic rings. The fraction of sp³-hybridized carbons (Fsp3) is 0.342. The molecule has 2 saturated heterocycles. The molecule has 0 radical (unpaired) electrons. The predicted molar refractivity (Wildman–Crippen MR) is 182 cm³/mol. The van der Waals surface area contributed by atoms with Crippen molar-refractivity contribution >= 4 is 16.7 Å². The third kappa shape index (κ3) is 5.95. The van der Waals surface area contributed by atoms with E-state index < -0.39 is 6.61 Å². The van der Waals surface area contributed by atoms with E-state index in [2.05, 4.69) is 54.1 Å². The molecule has 0 aliphatic carbocycles. The van der Waals surface area contributed by atoms with Crippen molar-refractivity contribution in [1.29, 1.82) is 0 Å². The first kappa shape index (κ1) is 30.7. The molecule has 0 N–H and O–H groups in total. The Morgan fingerprint density at radius 3 is 2.12 bits per heavy atom. The molecule has 0 unspecified atom stereocenters. The Bertz CT molecular complexity index is 2110. The molecule has 48 heavy (non-hydrogen) atoms. The summed E-state index contributed by atoms with van der Waals surface area (Å²) in [6, 6.07) is 19.9. The molecule has 3 aromatic carbocycles.